The van der Waals surface area contributed by atoms with Gasteiger partial charge < -0.3 is 14.2 Å². The van der Waals surface area contributed by atoms with Gasteiger partial charge in [0.25, 0.3) is 0 Å². The Balaban J connectivity index is 1.62. The van der Waals surface area contributed by atoms with Gasteiger partial charge in [0.1, 0.15) is 5.75 Å². The number of nitrogens with zero attached hydrogens (tertiary/aromatic N) is 4. The van der Waals surface area contributed by atoms with E-state index in [0.29, 0.717) is 5.89 Å². The molecule has 1 unspecified atom stereocenters. The van der Waals surface area contributed by atoms with Gasteiger partial charge in [0.15, 0.2) is 5.82 Å². The van der Waals surface area contributed by atoms with E-state index in [0.717, 1.165) is 37.8 Å². The highest BCUT2D eigenvalue weighted by molar-refractivity contribution is 5.51. The summed E-state index contributed by atoms with van der Waals surface area (Å²) in [6.07, 6.45) is 0. The maximum Gasteiger partial charge on any atom is 0.243 e. The molecule has 1 aromatic heterocycles. The van der Waals surface area contributed by atoms with Crippen LogP contribution in [0.2, 0.25) is 0 Å². The molecule has 1 aliphatic heterocycles. The van der Waals surface area contributed by atoms with Crippen LogP contribution in [0.1, 0.15) is 45.5 Å². The quantitative estimate of drug-likeness (QED) is 0.848. The van der Waals surface area contributed by atoms with Gasteiger partial charge in [-0.1, -0.05) is 32.0 Å². The summed E-state index contributed by atoms with van der Waals surface area (Å²) in [7, 11) is 1.70. The minimum atomic E-state index is -0.0907. The van der Waals surface area contributed by atoms with Gasteiger partial charge in [-0.15, -0.1) is 0 Å². The number of ether oxygens (including phenoxy) is 1. The molecule has 1 atom stereocenters. The van der Waals surface area contributed by atoms with Crippen molar-refractivity contribution in [1.29, 1.82) is 0 Å². The Kier molecular flexibility index (Phi) is 4.99. The summed E-state index contributed by atoms with van der Waals surface area (Å²) in [5.74, 6) is 2.37. The molecule has 0 aliphatic carbocycles. The number of piperazine rings is 1. The summed E-state index contributed by atoms with van der Waals surface area (Å²) in [6.45, 7) is 12.3. The molecule has 3 rings (SSSR count). The first-order valence-corrected chi connectivity index (χ1v) is 8.85. The third kappa shape index (κ3) is 3.95. The van der Waals surface area contributed by atoms with Crippen LogP contribution >= 0.6 is 0 Å². The highest BCUT2D eigenvalue weighted by Gasteiger charge is 2.28. The lowest BCUT2D eigenvalue weighted by Gasteiger charge is -2.38. The number of hydrogen-bond donors (Lipinski definition) is 0. The van der Waals surface area contributed by atoms with Crippen LogP contribution in [0, 0.1) is 0 Å². The second kappa shape index (κ2) is 7.04. The molecule has 1 aromatic carbocycles. The lowest BCUT2D eigenvalue weighted by Crippen LogP contribution is -2.47. The molecule has 0 spiro atoms. The fourth-order valence-electron chi connectivity index (χ4n) is 3.04. The lowest BCUT2D eigenvalue weighted by molar-refractivity contribution is 0.164. The average molecular weight is 344 g/mol. The van der Waals surface area contributed by atoms with Gasteiger partial charge >= 0.3 is 0 Å². The Hall–Kier alpha value is -2.08. The Morgan fingerprint density at radius 1 is 1.16 bits per heavy atom. The standard InChI is InChI=1S/C19H28N4O2/c1-14(17-20-18(21-25-17)19(2,3)4)22-9-11-23(12-10-22)15-7-6-8-16(13-15)24-5/h6-8,13-14H,9-12H2,1-5H3. The van der Waals surface area contributed by atoms with E-state index >= 15 is 0 Å². The van der Waals surface area contributed by atoms with Crippen LogP contribution < -0.4 is 9.64 Å². The van der Waals surface area contributed by atoms with E-state index in [2.05, 4.69) is 59.8 Å². The van der Waals surface area contributed by atoms with Crippen molar-refractivity contribution in [2.45, 2.75) is 39.2 Å². The summed E-state index contributed by atoms with van der Waals surface area (Å²) in [4.78, 5) is 9.40. The molecule has 6 nitrogen and oxygen atoms in total. The van der Waals surface area contributed by atoms with Gasteiger partial charge in [0, 0.05) is 43.3 Å². The molecular weight excluding hydrogens is 316 g/mol. The molecule has 0 saturated carbocycles. The topological polar surface area (TPSA) is 54.6 Å². The second-order valence-corrected chi connectivity index (χ2v) is 7.61. The fraction of sp³-hybridized carbons (Fsp3) is 0.579. The van der Waals surface area contributed by atoms with Crippen LogP contribution in [0.15, 0.2) is 28.8 Å². The van der Waals surface area contributed by atoms with Crippen LogP contribution in [0.3, 0.4) is 0 Å². The van der Waals surface area contributed by atoms with Crippen LogP contribution in [0.25, 0.3) is 0 Å². The Labute approximate surface area is 149 Å². The molecule has 136 valence electrons. The van der Waals surface area contributed by atoms with E-state index in [1.165, 1.54) is 5.69 Å². The van der Waals surface area contributed by atoms with Crippen LogP contribution in [-0.4, -0.2) is 48.3 Å². The average Bonchev–Trinajstić information content (AvgIpc) is 3.12. The van der Waals surface area contributed by atoms with Gasteiger partial charge in [-0.25, -0.2) is 0 Å². The maximum atomic E-state index is 5.52. The van der Waals surface area contributed by atoms with E-state index in [9.17, 15) is 0 Å². The summed E-state index contributed by atoms with van der Waals surface area (Å²) in [6, 6.07) is 8.37. The van der Waals surface area contributed by atoms with Gasteiger partial charge in [-0.3, -0.25) is 4.90 Å². The van der Waals surface area contributed by atoms with E-state index in [1.54, 1.807) is 7.11 Å². The second-order valence-electron chi connectivity index (χ2n) is 7.61. The first-order valence-electron chi connectivity index (χ1n) is 8.85. The normalized spacial score (nSPS) is 17.6. The fourth-order valence-corrected chi connectivity index (χ4v) is 3.04. The Bertz CT molecular complexity index is 699. The van der Waals surface area contributed by atoms with Gasteiger partial charge in [0.05, 0.1) is 13.2 Å². The number of aromatic nitrogens is 2. The molecular formula is C19H28N4O2. The summed E-state index contributed by atoms with van der Waals surface area (Å²) < 4.78 is 10.8. The molecule has 2 aromatic rings. The molecule has 0 radical (unpaired) electrons. The predicted octanol–water partition coefficient (Wildman–Crippen LogP) is 3.26. The maximum absolute atomic E-state index is 5.52. The molecule has 2 heterocycles. The van der Waals surface area contributed by atoms with Gasteiger partial charge in [-0.2, -0.15) is 4.98 Å². The van der Waals surface area contributed by atoms with E-state index < -0.39 is 0 Å². The van der Waals surface area contributed by atoms with Crippen LogP contribution in [0.5, 0.6) is 5.75 Å². The summed E-state index contributed by atoms with van der Waals surface area (Å²) in [5, 5.41) is 4.15. The number of anilines is 1. The minimum Gasteiger partial charge on any atom is -0.497 e. The van der Waals surface area contributed by atoms with Crippen molar-refractivity contribution >= 4 is 5.69 Å². The van der Waals surface area contributed by atoms with Crippen molar-refractivity contribution in [3.05, 3.63) is 36.0 Å². The van der Waals surface area contributed by atoms with Gasteiger partial charge in [0.2, 0.25) is 5.89 Å². The van der Waals surface area contributed by atoms with Crippen molar-refractivity contribution in [1.82, 2.24) is 15.0 Å². The molecule has 6 heteroatoms. The van der Waals surface area contributed by atoms with Crippen molar-refractivity contribution in [2.24, 2.45) is 0 Å². The number of rotatable bonds is 4. The van der Waals surface area contributed by atoms with Crippen LogP contribution in [-0.2, 0) is 5.41 Å². The Morgan fingerprint density at radius 2 is 1.88 bits per heavy atom. The first kappa shape index (κ1) is 17.7. The van der Waals surface area contributed by atoms with E-state index in [1.807, 2.05) is 12.1 Å². The molecule has 0 N–H and O–H groups in total. The zero-order chi connectivity index (χ0) is 18.0. The van der Waals surface area contributed by atoms with E-state index in [4.69, 9.17) is 9.26 Å². The van der Waals surface area contributed by atoms with Crippen molar-refractivity contribution in [2.75, 3.05) is 38.2 Å². The summed E-state index contributed by atoms with van der Waals surface area (Å²) >= 11 is 0. The Morgan fingerprint density at radius 3 is 2.48 bits per heavy atom. The third-order valence-electron chi connectivity index (χ3n) is 4.75. The number of hydrogen-bond acceptors (Lipinski definition) is 6. The molecule has 25 heavy (non-hydrogen) atoms. The highest BCUT2D eigenvalue weighted by atomic mass is 16.5. The lowest BCUT2D eigenvalue weighted by atomic mass is 9.96. The molecule has 0 bridgehead atoms. The third-order valence-corrected chi connectivity index (χ3v) is 4.75. The minimum absolute atomic E-state index is 0.0907. The van der Waals surface area contributed by atoms with Gasteiger partial charge in [-0.05, 0) is 19.1 Å². The highest BCUT2D eigenvalue weighted by Crippen LogP contribution is 2.26. The number of benzene rings is 1. The first-order chi connectivity index (χ1) is 11.9. The zero-order valence-corrected chi connectivity index (χ0v) is 15.8. The largest absolute Gasteiger partial charge is 0.497 e. The molecule has 1 saturated heterocycles. The number of methoxy groups -OCH3 is 1. The summed E-state index contributed by atoms with van der Waals surface area (Å²) in [5.41, 5.74) is 1.12. The zero-order valence-electron chi connectivity index (χ0n) is 15.8. The van der Waals surface area contributed by atoms with Crippen molar-refractivity contribution in [3.63, 3.8) is 0 Å². The molecule has 0 amide bonds. The SMILES string of the molecule is COc1cccc(N2CCN(C(C)c3nc(C(C)(C)C)no3)CC2)c1. The molecule has 1 aliphatic rings. The smallest absolute Gasteiger partial charge is 0.243 e. The molecule has 1 fully saturated rings. The monoisotopic (exact) mass is 344 g/mol. The van der Waals surface area contributed by atoms with Crippen LogP contribution in [0.4, 0.5) is 5.69 Å². The predicted molar refractivity (Wildman–Crippen MR) is 98.2 cm³/mol. The van der Waals surface area contributed by atoms with E-state index in [-0.39, 0.29) is 11.5 Å². The van der Waals surface area contributed by atoms with Crippen molar-refractivity contribution in [3.8, 4) is 5.75 Å². The van der Waals surface area contributed by atoms with Crippen molar-refractivity contribution < 1.29 is 9.26 Å².